The van der Waals surface area contributed by atoms with Gasteiger partial charge in [-0.3, -0.25) is 0 Å². The van der Waals surface area contributed by atoms with Crippen LogP contribution < -0.4 is 0 Å². The van der Waals surface area contributed by atoms with E-state index in [9.17, 15) is 5.11 Å². The molecule has 48 valence electrons. The van der Waals surface area contributed by atoms with Gasteiger partial charge in [0.2, 0.25) is 0 Å². The van der Waals surface area contributed by atoms with Crippen LogP contribution >= 0.6 is 11.8 Å². The number of hydrogen-bond donors (Lipinski definition) is 1. The Labute approximate surface area is 54.5 Å². The maximum atomic E-state index is 9.34. The second-order valence-corrected chi connectivity index (χ2v) is 4.06. The molecule has 0 aromatic rings. The van der Waals surface area contributed by atoms with Gasteiger partial charge in [0, 0.05) is 0 Å². The predicted octanol–water partition coefficient (Wildman–Crippen LogP) is 1.61. The first-order valence-corrected chi connectivity index (χ1v) is 4.06. The van der Waals surface area contributed by atoms with Crippen LogP contribution in [0.4, 0.5) is 0 Å². The van der Waals surface area contributed by atoms with Crippen LogP contribution in [0.25, 0.3) is 0 Å². The molecule has 0 saturated carbocycles. The predicted molar refractivity (Wildman–Crippen MR) is 36.9 cm³/mol. The highest BCUT2D eigenvalue weighted by Crippen LogP contribution is 2.32. The fraction of sp³-hybridized carbons (Fsp3) is 1.00. The number of hydrogen-bond acceptors (Lipinski definition) is 2. The standard InChI is InChI=1S/C6H12OS/c1-6(7)4-2-3-5-8-6/h7H,2-5H2,1H3. The quantitative estimate of drug-likeness (QED) is 0.540. The molecule has 0 aromatic heterocycles. The molecule has 1 fully saturated rings. The Hall–Kier alpha value is 0.310. The van der Waals surface area contributed by atoms with Gasteiger partial charge in [-0.1, -0.05) is 0 Å². The molecule has 2 heteroatoms. The van der Waals surface area contributed by atoms with Gasteiger partial charge in [0.15, 0.2) is 0 Å². The van der Waals surface area contributed by atoms with Gasteiger partial charge < -0.3 is 5.11 Å². The van der Waals surface area contributed by atoms with Crippen molar-refractivity contribution in [1.82, 2.24) is 0 Å². The molecule has 1 aliphatic heterocycles. The van der Waals surface area contributed by atoms with Gasteiger partial charge in [-0.2, -0.15) is 0 Å². The topological polar surface area (TPSA) is 20.2 Å². The van der Waals surface area contributed by atoms with Crippen LogP contribution in [0.5, 0.6) is 0 Å². The summed E-state index contributed by atoms with van der Waals surface area (Å²) in [6.45, 7) is 1.90. The second-order valence-electron chi connectivity index (χ2n) is 2.48. The van der Waals surface area contributed by atoms with E-state index < -0.39 is 4.93 Å². The monoisotopic (exact) mass is 132 g/mol. The first-order valence-electron chi connectivity index (χ1n) is 3.07. The zero-order valence-electron chi connectivity index (χ0n) is 5.18. The van der Waals surface area contributed by atoms with Gasteiger partial charge in [0.1, 0.15) is 4.93 Å². The van der Waals surface area contributed by atoms with E-state index in [0.717, 1.165) is 12.2 Å². The lowest BCUT2D eigenvalue weighted by Gasteiger charge is -2.26. The third kappa shape index (κ3) is 1.67. The van der Waals surface area contributed by atoms with Crippen LogP contribution in [0.15, 0.2) is 0 Å². The summed E-state index contributed by atoms with van der Waals surface area (Å²) >= 11 is 1.68. The van der Waals surface area contributed by atoms with Crippen molar-refractivity contribution in [2.24, 2.45) is 0 Å². The zero-order chi connectivity index (χ0) is 6.04. The highest BCUT2D eigenvalue weighted by Gasteiger charge is 2.22. The zero-order valence-corrected chi connectivity index (χ0v) is 6.00. The molecule has 1 saturated heterocycles. The van der Waals surface area contributed by atoms with Crippen molar-refractivity contribution < 1.29 is 5.11 Å². The molecule has 0 aromatic carbocycles. The summed E-state index contributed by atoms with van der Waals surface area (Å²) in [5, 5.41) is 9.34. The molecule has 1 N–H and O–H groups in total. The molecule has 1 nitrogen and oxygen atoms in total. The second kappa shape index (κ2) is 2.28. The Bertz CT molecular complexity index is 72.6. The molecule has 1 rings (SSSR count). The fourth-order valence-corrected chi connectivity index (χ4v) is 2.00. The van der Waals surface area contributed by atoms with Crippen molar-refractivity contribution in [3.8, 4) is 0 Å². The highest BCUT2D eigenvalue weighted by molar-refractivity contribution is 8.00. The Balaban J connectivity index is 2.33. The minimum atomic E-state index is -0.405. The van der Waals surface area contributed by atoms with E-state index in [-0.39, 0.29) is 0 Å². The largest absolute Gasteiger partial charge is 0.380 e. The normalized spacial score (nSPS) is 39.8. The van der Waals surface area contributed by atoms with Gasteiger partial charge >= 0.3 is 0 Å². The maximum Gasteiger partial charge on any atom is 0.107 e. The molecule has 1 heterocycles. The van der Waals surface area contributed by atoms with Crippen molar-refractivity contribution in [2.45, 2.75) is 31.1 Å². The van der Waals surface area contributed by atoms with Crippen molar-refractivity contribution in [3.05, 3.63) is 0 Å². The Kier molecular flexibility index (Phi) is 1.83. The molecular formula is C6H12OS. The molecule has 1 atom stereocenters. The van der Waals surface area contributed by atoms with Gasteiger partial charge in [-0.15, -0.1) is 11.8 Å². The maximum absolute atomic E-state index is 9.34. The smallest absolute Gasteiger partial charge is 0.107 e. The minimum Gasteiger partial charge on any atom is -0.380 e. The lowest BCUT2D eigenvalue weighted by atomic mass is 10.2. The Morgan fingerprint density at radius 3 is 2.50 bits per heavy atom. The number of aliphatic hydroxyl groups is 1. The minimum absolute atomic E-state index is 0.405. The van der Waals surface area contributed by atoms with Gasteiger partial charge in [0.25, 0.3) is 0 Å². The highest BCUT2D eigenvalue weighted by atomic mass is 32.2. The van der Waals surface area contributed by atoms with Crippen molar-refractivity contribution in [1.29, 1.82) is 0 Å². The summed E-state index contributed by atoms with van der Waals surface area (Å²) in [6, 6.07) is 0. The van der Waals surface area contributed by atoms with E-state index in [1.165, 1.54) is 12.8 Å². The number of rotatable bonds is 0. The van der Waals surface area contributed by atoms with Crippen LogP contribution in [0.1, 0.15) is 26.2 Å². The van der Waals surface area contributed by atoms with Crippen LogP contribution in [0.2, 0.25) is 0 Å². The Morgan fingerprint density at radius 1 is 1.50 bits per heavy atom. The van der Waals surface area contributed by atoms with Gasteiger partial charge in [-0.05, 0) is 31.9 Å². The van der Waals surface area contributed by atoms with Crippen LogP contribution in [-0.2, 0) is 0 Å². The van der Waals surface area contributed by atoms with E-state index in [0.29, 0.717) is 0 Å². The fourth-order valence-electron chi connectivity index (χ4n) is 0.919. The van der Waals surface area contributed by atoms with Crippen molar-refractivity contribution >= 4 is 11.8 Å². The van der Waals surface area contributed by atoms with Crippen LogP contribution in [0, 0.1) is 0 Å². The lowest BCUT2D eigenvalue weighted by molar-refractivity contribution is 0.140. The molecule has 1 unspecified atom stereocenters. The van der Waals surface area contributed by atoms with E-state index in [4.69, 9.17) is 0 Å². The Morgan fingerprint density at radius 2 is 2.25 bits per heavy atom. The summed E-state index contributed by atoms with van der Waals surface area (Å²) in [6.07, 6.45) is 3.44. The van der Waals surface area contributed by atoms with Crippen molar-refractivity contribution in [2.75, 3.05) is 5.75 Å². The summed E-state index contributed by atoms with van der Waals surface area (Å²) in [5.74, 6) is 1.13. The third-order valence-electron chi connectivity index (χ3n) is 1.45. The van der Waals surface area contributed by atoms with E-state index in [2.05, 4.69) is 0 Å². The average molecular weight is 132 g/mol. The molecule has 8 heavy (non-hydrogen) atoms. The average Bonchev–Trinajstić information content (AvgIpc) is 1.65. The lowest BCUT2D eigenvalue weighted by Crippen LogP contribution is -2.22. The first kappa shape index (κ1) is 6.43. The van der Waals surface area contributed by atoms with Crippen LogP contribution in [-0.4, -0.2) is 15.8 Å². The van der Waals surface area contributed by atoms with Crippen molar-refractivity contribution in [3.63, 3.8) is 0 Å². The van der Waals surface area contributed by atoms with Gasteiger partial charge in [-0.25, -0.2) is 0 Å². The molecule has 1 aliphatic rings. The SMILES string of the molecule is CC1(O)CCCCS1. The molecular weight excluding hydrogens is 120 g/mol. The van der Waals surface area contributed by atoms with E-state index in [1.807, 2.05) is 6.92 Å². The van der Waals surface area contributed by atoms with E-state index in [1.54, 1.807) is 11.8 Å². The van der Waals surface area contributed by atoms with E-state index >= 15 is 0 Å². The molecule has 0 spiro atoms. The molecule has 0 aliphatic carbocycles. The summed E-state index contributed by atoms with van der Waals surface area (Å²) in [5.41, 5.74) is 0. The summed E-state index contributed by atoms with van der Waals surface area (Å²) in [7, 11) is 0. The third-order valence-corrected chi connectivity index (χ3v) is 2.77. The molecule has 0 amide bonds. The van der Waals surface area contributed by atoms with Gasteiger partial charge in [0.05, 0.1) is 0 Å². The number of thioether (sulfide) groups is 1. The molecule has 0 bridgehead atoms. The molecule has 0 radical (unpaired) electrons. The van der Waals surface area contributed by atoms with Crippen LogP contribution in [0.3, 0.4) is 0 Å². The first-order chi connectivity index (χ1) is 3.71. The summed E-state index contributed by atoms with van der Waals surface area (Å²) < 4.78 is 0. The summed E-state index contributed by atoms with van der Waals surface area (Å²) in [4.78, 5) is -0.405.